The lowest BCUT2D eigenvalue weighted by molar-refractivity contribution is 0.0995. The number of carbonyl (C=O) groups excluding carboxylic acids is 1. The van der Waals surface area contributed by atoms with Crippen molar-refractivity contribution >= 4 is 28.2 Å². The van der Waals surface area contributed by atoms with Crippen molar-refractivity contribution in [2.75, 3.05) is 5.73 Å². The normalized spacial score (nSPS) is 11.2. The molecule has 2 aromatic carbocycles. The second kappa shape index (κ2) is 5.09. The average molecular weight is 280 g/mol. The smallest absolute Gasteiger partial charge is 0.295 e. The Morgan fingerprint density at radius 2 is 1.95 bits per heavy atom. The van der Waals surface area contributed by atoms with E-state index < -0.39 is 5.91 Å². The summed E-state index contributed by atoms with van der Waals surface area (Å²) in [6, 6.07) is 13.7. The lowest BCUT2D eigenvalue weighted by Gasteiger charge is -1.96. The lowest BCUT2D eigenvalue weighted by Crippen LogP contribution is -1.95. The summed E-state index contributed by atoms with van der Waals surface area (Å²) in [7, 11) is 0. The molecule has 0 saturated carbocycles. The van der Waals surface area contributed by atoms with Crippen LogP contribution in [0.2, 0.25) is 0 Å². The predicted octanol–water partition coefficient (Wildman–Crippen LogP) is 3.38. The first-order chi connectivity index (χ1) is 10.1. The fourth-order valence-corrected chi connectivity index (χ4v) is 2.04. The Morgan fingerprint density at radius 1 is 1.14 bits per heavy atom. The number of hydrogen-bond acceptors (Lipinski definition) is 4. The molecule has 0 unspecified atom stereocenters. The van der Waals surface area contributed by atoms with Gasteiger partial charge in [0.2, 0.25) is 5.88 Å². The van der Waals surface area contributed by atoms with E-state index in [4.69, 9.17) is 5.73 Å². The first kappa shape index (κ1) is 12.9. The van der Waals surface area contributed by atoms with Gasteiger partial charge in [-0.05, 0) is 24.3 Å². The quantitative estimate of drug-likeness (QED) is 0.495. The monoisotopic (exact) mass is 280 g/mol. The Hall–Kier alpha value is -3.15. The molecule has 0 aliphatic carbocycles. The molecular weight excluding hydrogens is 268 g/mol. The van der Waals surface area contributed by atoms with Crippen molar-refractivity contribution in [3.8, 4) is 5.88 Å². The standard InChI is InChI=1S/C15H12N4O2/c16-10-5-3-4-9(8-10)14(20)19-18-13-11-6-1-2-7-12(11)17-15(13)21/h1-8,17,21H,16H2. The van der Waals surface area contributed by atoms with E-state index in [1.54, 1.807) is 30.3 Å². The lowest BCUT2D eigenvalue weighted by atomic mass is 10.2. The van der Waals surface area contributed by atoms with E-state index in [-0.39, 0.29) is 11.6 Å². The molecule has 3 aromatic rings. The van der Waals surface area contributed by atoms with E-state index in [2.05, 4.69) is 15.2 Å². The summed E-state index contributed by atoms with van der Waals surface area (Å²) in [6.45, 7) is 0. The van der Waals surface area contributed by atoms with Crippen LogP contribution in [-0.4, -0.2) is 16.0 Å². The maximum absolute atomic E-state index is 11.9. The van der Waals surface area contributed by atoms with Crippen LogP contribution in [0.5, 0.6) is 5.88 Å². The number of aromatic hydroxyl groups is 1. The number of H-pyrrole nitrogens is 1. The van der Waals surface area contributed by atoms with E-state index in [9.17, 15) is 9.90 Å². The van der Waals surface area contributed by atoms with E-state index in [0.29, 0.717) is 16.6 Å². The SMILES string of the molecule is Nc1cccc(C(=O)N=Nc2c(O)[nH]c3ccccc23)c1. The van der Waals surface area contributed by atoms with Crippen molar-refractivity contribution in [3.05, 3.63) is 54.1 Å². The molecule has 0 saturated heterocycles. The molecular formula is C15H12N4O2. The van der Waals surface area contributed by atoms with Crippen LogP contribution in [0, 0.1) is 0 Å². The Morgan fingerprint density at radius 3 is 2.76 bits per heavy atom. The van der Waals surface area contributed by atoms with E-state index >= 15 is 0 Å². The molecule has 0 aliphatic rings. The number of nitrogens with zero attached hydrogens (tertiary/aromatic N) is 2. The zero-order valence-electron chi connectivity index (χ0n) is 10.9. The third-order valence-corrected chi connectivity index (χ3v) is 3.03. The van der Waals surface area contributed by atoms with Crippen molar-refractivity contribution in [3.63, 3.8) is 0 Å². The number of rotatable bonds is 2. The fourth-order valence-electron chi connectivity index (χ4n) is 2.04. The van der Waals surface area contributed by atoms with Crippen LogP contribution in [0.1, 0.15) is 10.4 Å². The minimum Gasteiger partial charge on any atom is -0.493 e. The van der Waals surface area contributed by atoms with Gasteiger partial charge in [-0.2, -0.15) is 0 Å². The van der Waals surface area contributed by atoms with E-state index in [1.807, 2.05) is 12.1 Å². The van der Waals surface area contributed by atoms with Gasteiger partial charge in [0.1, 0.15) is 0 Å². The molecule has 0 radical (unpaired) electrons. The van der Waals surface area contributed by atoms with Gasteiger partial charge < -0.3 is 15.8 Å². The first-order valence-electron chi connectivity index (χ1n) is 6.26. The topological polar surface area (TPSA) is 104 Å². The van der Waals surface area contributed by atoms with Crippen LogP contribution in [0.15, 0.2) is 58.8 Å². The minimum absolute atomic E-state index is 0.125. The van der Waals surface area contributed by atoms with Crippen LogP contribution < -0.4 is 5.73 Å². The van der Waals surface area contributed by atoms with Crippen LogP contribution in [-0.2, 0) is 0 Å². The van der Waals surface area contributed by atoms with Crippen LogP contribution >= 0.6 is 0 Å². The average Bonchev–Trinajstić information content (AvgIpc) is 2.80. The van der Waals surface area contributed by atoms with Gasteiger partial charge in [-0.1, -0.05) is 24.3 Å². The number of aromatic nitrogens is 1. The van der Waals surface area contributed by atoms with Crippen molar-refractivity contribution in [2.45, 2.75) is 0 Å². The minimum atomic E-state index is -0.521. The second-order valence-electron chi connectivity index (χ2n) is 4.50. The number of benzene rings is 2. The van der Waals surface area contributed by atoms with Gasteiger partial charge in [-0.25, -0.2) is 0 Å². The largest absolute Gasteiger partial charge is 0.493 e. The maximum atomic E-state index is 11.9. The van der Waals surface area contributed by atoms with Gasteiger partial charge in [0, 0.05) is 16.6 Å². The van der Waals surface area contributed by atoms with Crippen LogP contribution in [0.3, 0.4) is 0 Å². The number of fused-ring (bicyclic) bond motifs is 1. The van der Waals surface area contributed by atoms with Gasteiger partial charge in [0.25, 0.3) is 5.91 Å². The summed E-state index contributed by atoms with van der Waals surface area (Å²) in [5.74, 6) is -0.646. The summed E-state index contributed by atoms with van der Waals surface area (Å²) in [5.41, 5.74) is 7.40. The molecule has 1 amide bonds. The summed E-state index contributed by atoms with van der Waals surface area (Å²) in [4.78, 5) is 14.7. The van der Waals surface area contributed by atoms with Gasteiger partial charge in [-0.15, -0.1) is 10.2 Å². The highest BCUT2D eigenvalue weighted by molar-refractivity contribution is 5.97. The number of nitrogens with two attached hydrogens (primary N) is 1. The number of para-hydroxylation sites is 1. The van der Waals surface area contributed by atoms with Gasteiger partial charge in [0.05, 0.1) is 5.52 Å². The highest BCUT2D eigenvalue weighted by Gasteiger charge is 2.11. The van der Waals surface area contributed by atoms with Gasteiger partial charge in [0.15, 0.2) is 5.69 Å². The molecule has 0 aliphatic heterocycles. The summed E-state index contributed by atoms with van der Waals surface area (Å²) in [6.07, 6.45) is 0. The third kappa shape index (κ3) is 2.46. The van der Waals surface area contributed by atoms with Crippen molar-refractivity contribution in [2.24, 2.45) is 10.2 Å². The molecule has 6 heteroatoms. The molecule has 1 heterocycles. The van der Waals surface area contributed by atoms with Crippen LogP contribution in [0.4, 0.5) is 11.4 Å². The molecule has 0 spiro atoms. The van der Waals surface area contributed by atoms with E-state index in [1.165, 1.54) is 6.07 Å². The van der Waals surface area contributed by atoms with Crippen LogP contribution in [0.25, 0.3) is 10.9 Å². The molecule has 0 atom stereocenters. The Labute approximate surface area is 119 Å². The number of carbonyl (C=O) groups is 1. The number of nitrogens with one attached hydrogen (secondary N) is 1. The fraction of sp³-hybridized carbons (Fsp3) is 0. The molecule has 3 rings (SSSR count). The number of anilines is 1. The Kier molecular flexibility index (Phi) is 3.12. The number of azo groups is 1. The summed E-state index contributed by atoms with van der Waals surface area (Å²) < 4.78 is 0. The molecule has 21 heavy (non-hydrogen) atoms. The highest BCUT2D eigenvalue weighted by atomic mass is 16.3. The Balaban J connectivity index is 1.95. The van der Waals surface area contributed by atoms with Gasteiger partial charge >= 0.3 is 0 Å². The Bertz CT molecular complexity index is 852. The van der Waals surface area contributed by atoms with Crippen molar-refractivity contribution in [1.82, 2.24) is 4.98 Å². The number of nitrogen functional groups attached to an aromatic ring is 1. The molecule has 0 fully saturated rings. The molecule has 104 valence electrons. The number of hydrogen-bond donors (Lipinski definition) is 3. The first-order valence-corrected chi connectivity index (χ1v) is 6.26. The summed E-state index contributed by atoms with van der Waals surface area (Å²) >= 11 is 0. The highest BCUT2D eigenvalue weighted by Crippen LogP contribution is 2.35. The van der Waals surface area contributed by atoms with Crippen molar-refractivity contribution < 1.29 is 9.90 Å². The van der Waals surface area contributed by atoms with E-state index in [0.717, 1.165) is 5.52 Å². The second-order valence-corrected chi connectivity index (χ2v) is 4.50. The zero-order chi connectivity index (χ0) is 14.8. The number of aromatic amines is 1. The number of amides is 1. The predicted molar refractivity (Wildman–Crippen MR) is 79.7 cm³/mol. The molecule has 0 bridgehead atoms. The summed E-state index contributed by atoms with van der Waals surface area (Å²) in [5, 5.41) is 18.0. The molecule has 1 aromatic heterocycles. The van der Waals surface area contributed by atoms with Gasteiger partial charge in [-0.3, -0.25) is 4.79 Å². The molecule has 4 N–H and O–H groups in total. The van der Waals surface area contributed by atoms with Crippen molar-refractivity contribution in [1.29, 1.82) is 0 Å². The third-order valence-electron chi connectivity index (χ3n) is 3.03. The maximum Gasteiger partial charge on any atom is 0.295 e. The molecule has 6 nitrogen and oxygen atoms in total. The zero-order valence-corrected chi connectivity index (χ0v) is 10.9.